The monoisotopic (exact) mass is 610 g/mol. The first-order chi connectivity index (χ1) is 23.8. The fourth-order valence-electron chi connectivity index (χ4n) is 7.68. The van der Waals surface area contributed by atoms with Crippen LogP contribution in [0.25, 0.3) is 88.0 Å². The lowest BCUT2D eigenvalue weighted by molar-refractivity contribution is 1.18. The van der Waals surface area contributed by atoms with E-state index in [2.05, 4.69) is 191 Å². The van der Waals surface area contributed by atoms with Crippen molar-refractivity contribution in [2.75, 3.05) is 0 Å². The Hall–Kier alpha value is -6.38. The first kappa shape index (κ1) is 26.8. The van der Waals surface area contributed by atoms with Gasteiger partial charge in [0.2, 0.25) is 0 Å². The molecular formula is C46H30N2. The fourth-order valence-corrected chi connectivity index (χ4v) is 7.68. The molecule has 0 aliphatic rings. The average Bonchev–Trinajstić information content (AvgIpc) is 3.68. The fraction of sp³-hybridized carbons (Fsp3) is 0. The number of nitrogens with zero attached hydrogens (tertiary/aromatic N) is 2. The van der Waals surface area contributed by atoms with Gasteiger partial charge in [-0.05, 0) is 87.6 Å². The molecular weight excluding hydrogens is 581 g/mol. The van der Waals surface area contributed by atoms with E-state index in [1.54, 1.807) is 0 Å². The highest BCUT2D eigenvalue weighted by molar-refractivity contribution is 6.22. The molecule has 0 unspecified atom stereocenters. The molecule has 0 amide bonds. The third kappa shape index (κ3) is 4.06. The van der Waals surface area contributed by atoms with Gasteiger partial charge in [0.1, 0.15) is 0 Å². The molecule has 0 atom stereocenters. The largest absolute Gasteiger partial charge is 0.309 e. The smallest absolute Gasteiger partial charge is 0.0547 e. The average molecular weight is 611 g/mol. The summed E-state index contributed by atoms with van der Waals surface area (Å²) in [7, 11) is 0. The van der Waals surface area contributed by atoms with E-state index >= 15 is 0 Å². The number of hydrogen-bond acceptors (Lipinski definition) is 0. The van der Waals surface area contributed by atoms with Crippen LogP contribution in [0, 0.1) is 0 Å². The van der Waals surface area contributed by atoms with Crippen molar-refractivity contribution in [1.29, 1.82) is 0 Å². The van der Waals surface area contributed by atoms with E-state index in [9.17, 15) is 0 Å². The summed E-state index contributed by atoms with van der Waals surface area (Å²) in [5, 5.41) is 7.60. The van der Waals surface area contributed by atoms with Gasteiger partial charge in [0.05, 0.1) is 22.1 Å². The molecule has 48 heavy (non-hydrogen) atoms. The highest BCUT2D eigenvalue weighted by atomic mass is 15.0. The summed E-state index contributed by atoms with van der Waals surface area (Å²) in [4.78, 5) is 0. The number of rotatable bonds is 4. The second-order valence-corrected chi connectivity index (χ2v) is 12.6. The Bertz CT molecular complexity index is 2800. The first-order valence-corrected chi connectivity index (χ1v) is 16.5. The number of aromatic nitrogens is 2. The van der Waals surface area contributed by atoms with E-state index in [0.29, 0.717) is 0 Å². The van der Waals surface area contributed by atoms with E-state index in [4.69, 9.17) is 0 Å². The molecule has 224 valence electrons. The van der Waals surface area contributed by atoms with E-state index in [1.807, 2.05) is 0 Å². The molecule has 0 aliphatic carbocycles. The van der Waals surface area contributed by atoms with Gasteiger partial charge in [0.25, 0.3) is 0 Å². The van der Waals surface area contributed by atoms with E-state index < -0.39 is 0 Å². The molecule has 2 aromatic heterocycles. The van der Waals surface area contributed by atoms with E-state index in [-0.39, 0.29) is 0 Å². The summed E-state index contributed by atoms with van der Waals surface area (Å²) < 4.78 is 4.81. The van der Waals surface area contributed by atoms with Gasteiger partial charge in [-0.1, -0.05) is 127 Å². The summed E-state index contributed by atoms with van der Waals surface area (Å²) in [6.07, 6.45) is 0. The van der Waals surface area contributed by atoms with Crippen molar-refractivity contribution in [3.05, 3.63) is 182 Å². The number of hydrogen-bond donors (Lipinski definition) is 0. The van der Waals surface area contributed by atoms with E-state index in [0.717, 1.165) is 5.69 Å². The van der Waals surface area contributed by atoms with E-state index in [1.165, 1.54) is 82.3 Å². The van der Waals surface area contributed by atoms with Crippen LogP contribution in [0.1, 0.15) is 0 Å². The number of benzene rings is 8. The Morgan fingerprint density at radius 3 is 1.58 bits per heavy atom. The topological polar surface area (TPSA) is 9.86 Å². The molecule has 10 aromatic rings. The van der Waals surface area contributed by atoms with Gasteiger partial charge in [-0.2, -0.15) is 0 Å². The zero-order chi connectivity index (χ0) is 31.6. The highest BCUT2D eigenvalue weighted by Crippen LogP contribution is 2.40. The maximum atomic E-state index is 2.41. The molecule has 0 radical (unpaired) electrons. The maximum Gasteiger partial charge on any atom is 0.0547 e. The van der Waals surface area contributed by atoms with Crippen LogP contribution in [-0.2, 0) is 0 Å². The second-order valence-electron chi connectivity index (χ2n) is 12.6. The summed E-state index contributed by atoms with van der Waals surface area (Å²) in [5.74, 6) is 0. The third-order valence-corrected chi connectivity index (χ3v) is 9.91. The van der Waals surface area contributed by atoms with Crippen molar-refractivity contribution in [3.63, 3.8) is 0 Å². The molecule has 2 nitrogen and oxygen atoms in total. The molecule has 0 bridgehead atoms. The molecule has 0 saturated heterocycles. The predicted molar refractivity (Wildman–Crippen MR) is 203 cm³/mol. The molecule has 2 heteroatoms. The minimum Gasteiger partial charge on any atom is -0.309 e. The minimum absolute atomic E-state index is 1.16. The Kier molecular flexibility index (Phi) is 5.91. The Morgan fingerprint density at radius 2 is 0.792 bits per heavy atom. The predicted octanol–water partition coefficient (Wildman–Crippen LogP) is 12.4. The normalized spacial score (nSPS) is 11.8. The lowest BCUT2D eigenvalue weighted by Gasteiger charge is -2.11. The quantitative estimate of drug-likeness (QED) is 0.188. The SMILES string of the molecule is c1ccc(-c2ccc(-n3c4ccccc4c4c5cc(-c6ccc7c8ccccc8n(-c8ccccc8)c7c6)ccc5ccc43)cc2)cc1. The van der Waals surface area contributed by atoms with Gasteiger partial charge in [0, 0.05) is 32.9 Å². The highest BCUT2D eigenvalue weighted by Gasteiger charge is 2.17. The molecule has 0 spiro atoms. The van der Waals surface area contributed by atoms with Crippen LogP contribution in [-0.4, -0.2) is 9.13 Å². The summed E-state index contributed by atoms with van der Waals surface area (Å²) >= 11 is 0. The van der Waals surface area contributed by atoms with Crippen molar-refractivity contribution in [2.45, 2.75) is 0 Å². The van der Waals surface area contributed by atoms with Crippen LogP contribution in [0.15, 0.2) is 182 Å². The Balaban J connectivity index is 1.17. The van der Waals surface area contributed by atoms with Crippen LogP contribution in [0.3, 0.4) is 0 Å². The van der Waals surface area contributed by atoms with Crippen molar-refractivity contribution in [3.8, 4) is 33.6 Å². The maximum absolute atomic E-state index is 2.41. The van der Waals surface area contributed by atoms with Gasteiger partial charge >= 0.3 is 0 Å². The Labute approximate surface area is 278 Å². The van der Waals surface area contributed by atoms with Crippen molar-refractivity contribution >= 4 is 54.4 Å². The van der Waals surface area contributed by atoms with Crippen molar-refractivity contribution in [2.24, 2.45) is 0 Å². The summed E-state index contributed by atoms with van der Waals surface area (Å²) in [6.45, 7) is 0. The molecule has 2 heterocycles. The molecule has 10 rings (SSSR count). The standard InChI is InChI=1S/C46H30N2/c1-3-11-31(12-4-1)32-21-25-37(26-22-32)47-43-18-10-8-16-40(43)46-41-29-34(20-19-33(41)24-28-44(46)47)35-23-27-39-38-15-7-9-17-42(38)48(45(39)30-35)36-13-5-2-6-14-36/h1-30H. The van der Waals surface area contributed by atoms with Gasteiger partial charge in [-0.15, -0.1) is 0 Å². The molecule has 0 fully saturated rings. The van der Waals surface area contributed by atoms with Gasteiger partial charge < -0.3 is 9.13 Å². The van der Waals surface area contributed by atoms with Crippen LogP contribution in [0.5, 0.6) is 0 Å². The zero-order valence-corrected chi connectivity index (χ0v) is 26.2. The van der Waals surface area contributed by atoms with Crippen molar-refractivity contribution < 1.29 is 0 Å². The van der Waals surface area contributed by atoms with Gasteiger partial charge in [0.15, 0.2) is 0 Å². The third-order valence-electron chi connectivity index (χ3n) is 9.91. The number of fused-ring (bicyclic) bond motifs is 8. The molecule has 0 aliphatic heterocycles. The summed E-state index contributed by atoms with van der Waals surface area (Å²) in [6, 6.07) is 66.2. The van der Waals surface area contributed by atoms with Crippen LogP contribution in [0.4, 0.5) is 0 Å². The van der Waals surface area contributed by atoms with Gasteiger partial charge in [-0.25, -0.2) is 0 Å². The summed E-state index contributed by atoms with van der Waals surface area (Å²) in [5.41, 5.74) is 12.1. The number of para-hydroxylation sites is 3. The van der Waals surface area contributed by atoms with Crippen molar-refractivity contribution in [1.82, 2.24) is 9.13 Å². The second kappa shape index (κ2) is 10.6. The molecule has 8 aromatic carbocycles. The van der Waals surface area contributed by atoms with Gasteiger partial charge in [-0.3, -0.25) is 0 Å². The minimum atomic E-state index is 1.16. The molecule has 0 N–H and O–H groups in total. The zero-order valence-electron chi connectivity index (χ0n) is 26.2. The first-order valence-electron chi connectivity index (χ1n) is 16.5. The molecule has 0 saturated carbocycles. The lowest BCUT2D eigenvalue weighted by atomic mass is 9.97. The van der Waals surface area contributed by atoms with Crippen LogP contribution < -0.4 is 0 Å². The van der Waals surface area contributed by atoms with Crippen LogP contribution >= 0.6 is 0 Å². The van der Waals surface area contributed by atoms with Crippen LogP contribution in [0.2, 0.25) is 0 Å². The lowest BCUT2D eigenvalue weighted by Crippen LogP contribution is -1.94. The Morgan fingerprint density at radius 1 is 0.271 bits per heavy atom.